The quantitative estimate of drug-likeness (QED) is 0.656. The lowest BCUT2D eigenvalue weighted by atomic mass is 9.91. The fraction of sp³-hybridized carbons (Fsp3) is 0.250. The highest BCUT2D eigenvalue weighted by atomic mass is 16.5. The summed E-state index contributed by atoms with van der Waals surface area (Å²) in [6.45, 7) is 1.03. The number of amides is 1. The van der Waals surface area contributed by atoms with E-state index >= 15 is 0 Å². The second-order valence-corrected chi connectivity index (χ2v) is 5.81. The SMILES string of the molecule is COCCNC(=O)C(Cc1c[nH]c2ccccc12)c1ccccc1. The molecule has 3 rings (SSSR count). The number of nitrogens with one attached hydrogen (secondary N) is 2. The number of aromatic nitrogens is 1. The zero-order valence-corrected chi connectivity index (χ0v) is 13.8. The summed E-state index contributed by atoms with van der Waals surface area (Å²) in [5.41, 5.74) is 3.28. The van der Waals surface area contributed by atoms with Gasteiger partial charge in [-0.1, -0.05) is 48.5 Å². The first-order chi connectivity index (χ1) is 11.8. The zero-order chi connectivity index (χ0) is 16.8. The Kier molecular flexibility index (Phi) is 5.29. The average molecular weight is 322 g/mol. The fourth-order valence-corrected chi connectivity index (χ4v) is 2.97. The van der Waals surface area contributed by atoms with E-state index in [1.165, 1.54) is 5.39 Å². The van der Waals surface area contributed by atoms with Crippen LogP contribution in [0.2, 0.25) is 0 Å². The molecule has 4 nitrogen and oxygen atoms in total. The molecule has 1 unspecified atom stereocenters. The molecule has 0 aliphatic heterocycles. The van der Waals surface area contributed by atoms with Crippen LogP contribution < -0.4 is 5.32 Å². The number of carbonyl (C=O) groups is 1. The zero-order valence-electron chi connectivity index (χ0n) is 13.8. The van der Waals surface area contributed by atoms with E-state index in [1.807, 2.05) is 48.7 Å². The van der Waals surface area contributed by atoms with Crippen molar-refractivity contribution in [2.75, 3.05) is 20.3 Å². The Labute approximate surface area is 141 Å². The molecule has 1 heterocycles. The maximum absolute atomic E-state index is 12.7. The molecule has 1 aromatic heterocycles. The molecule has 0 bridgehead atoms. The van der Waals surface area contributed by atoms with Gasteiger partial charge in [0.15, 0.2) is 0 Å². The molecule has 2 N–H and O–H groups in total. The van der Waals surface area contributed by atoms with E-state index < -0.39 is 0 Å². The summed E-state index contributed by atoms with van der Waals surface area (Å²) in [7, 11) is 1.63. The van der Waals surface area contributed by atoms with E-state index in [0.29, 0.717) is 19.6 Å². The number of rotatable bonds is 7. The number of fused-ring (bicyclic) bond motifs is 1. The number of H-pyrrole nitrogens is 1. The number of hydrogen-bond donors (Lipinski definition) is 2. The second kappa shape index (κ2) is 7.79. The molecular weight excluding hydrogens is 300 g/mol. The van der Waals surface area contributed by atoms with Crippen LogP contribution >= 0.6 is 0 Å². The van der Waals surface area contributed by atoms with Crippen LogP contribution in [-0.4, -0.2) is 31.2 Å². The molecule has 0 fully saturated rings. The molecule has 2 aromatic carbocycles. The Balaban J connectivity index is 1.86. The number of methoxy groups -OCH3 is 1. The molecule has 0 saturated heterocycles. The van der Waals surface area contributed by atoms with Crippen molar-refractivity contribution in [2.24, 2.45) is 0 Å². The summed E-state index contributed by atoms with van der Waals surface area (Å²) in [5.74, 6) is -0.189. The highest BCUT2D eigenvalue weighted by Crippen LogP contribution is 2.26. The van der Waals surface area contributed by atoms with E-state index in [0.717, 1.165) is 16.6 Å². The third kappa shape index (κ3) is 3.66. The minimum Gasteiger partial charge on any atom is -0.383 e. The van der Waals surface area contributed by atoms with Gasteiger partial charge in [-0.05, 0) is 23.6 Å². The maximum atomic E-state index is 12.7. The lowest BCUT2D eigenvalue weighted by molar-refractivity contribution is -0.122. The van der Waals surface area contributed by atoms with Crippen molar-refractivity contribution >= 4 is 16.8 Å². The summed E-state index contributed by atoms with van der Waals surface area (Å²) in [6.07, 6.45) is 2.66. The van der Waals surface area contributed by atoms with Crippen LogP contribution in [0.15, 0.2) is 60.8 Å². The normalized spacial score (nSPS) is 12.2. The van der Waals surface area contributed by atoms with Crippen LogP contribution in [0, 0.1) is 0 Å². The predicted octanol–water partition coefficient (Wildman–Crippen LogP) is 3.26. The first-order valence-electron chi connectivity index (χ1n) is 8.16. The molecular formula is C20H22N2O2. The lowest BCUT2D eigenvalue weighted by Gasteiger charge is -2.17. The van der Waals surface area contributed by atoms with Crippen LogP contribution in [0.25, 0.3) is 10.9 Å². The fourth-order valence-electron chi connectivity index (χ4n) is 2.97. The van der Waals surface area contributed by atoms with Crippen LogP contribution in [0.1, 0.15) is 17.0 Å². The Hall–Kier alpha value is -2.59. The van der Waals surface area contributed by atoms with Gasteiger partial charge in [-0.25, -0.2) is 0 Å². The molecule has 0 spiro atoms. The number of hydrogen-bond acceptors (Lipinski definition) is 2. The second-order valence-electron chi connectivity index (χ2n) is 5.81. The van der Waals surface area contributed by atoms with E-state index in [9.17, 15) is 4.79 Å². The maximum Gasteiger partial charge on any atom is 0.227 e. The summed E-state index contributed by atoms with van der Waals surface area (Å²) in [5, 5.41) is 4.14. The molecule has 1 atom stereocenters. The number of ether oxygens (including phenoxy) is 1. The lowest BCUT2D eigenvalue weighted by Crippen LogP contribution is -2.32. The Bertz CT molecular complexity index is 796. The van der Waals surface area contributed by atoms with Gasteiger partial charge < -0.3 is 15.0 Å². The van der Waals surface area contributed by atoms with Gasteiger partial charge in [-0.15, -0.1) is 0 Å². The Morgan fingerprint density at radius 3 is 2.67 bits per heavy atom. The number of para-hydroxylation sites is 1. The van der Waals surface area contributed by atoms with Gasteiger partial charge >= 0.3 is 0 Å². The Morgan fingerprint density at radius 1 is 1.12 bits per heavy atom. The van der Waals surface area contributed by atoms with Crippen molar-refractivity contribution < 1.29 is 9.53 Å². The average Bonchev–Trinajstić information content (AvgIpc) is 3.03. The topological polar surface area (TPSA) is 54.1 Å². The highest BCUT2D eigenvalue weighted by molar-refractivity contribution is 5.87. The minimum atomic E-state index is -0.220. The highest BCUT2D eigenvalue weighted by Gasteiger charge is 2.22. The molecule has 1 amide bonds. The molecule has 124 valence electrons. The van der Waals surface area contributed by atoms with Gasteiger partial charge in [-0.3, -0.25) is 4.79 Å². The summed E-state index contributed by atoms with van der Waals surface area (Å²) in [4.78, 5) is 16.0. The first kappa shape index (κ1) is 16.3. The van der Waals surface area contributed by atoms with Crippen molar-refractivity contribution in [2.45, 2.75) is 12.3 Å². The first-order valence-corrected chi connectivity index (χ1v) is 8.16. The van der Waals surface area contributed by atoms with Gasteiger partial charge in [0, 0.05) is 30.8 Å². The summed E-state index contributed by atoms with van der Waals surface area (Å²) in [6, 6.07) is 18.1. The van der Waals surface area contributed by atoms with Crippen LogP contribution in [0.3, 0.4) is 0 Å². The smallest absolute Gasteiger partial charge is 0.227 e. The molecule has 0 aliphatic carbocycles. The van der Waals surface area contributed by atoms with Crippen molar-refractivity contribution in [3.8, 4) is 0 Å². The van der Waals surface area contributed by atoms with Gasteiger partial charge in [0.25, 0.3) is 0 Å². The van der Waals surface area contributed by atoms with Gasteiger partial charge in [0.1, 0.15) is 0 Å². The van der Waals surface area contributed by atoms with E-state index in [2.05, 4.69) is 22.4 Å². The largest absolute Gasteiger partial charge is 0.383 e. The number of benzene rings is 2. The van der Waals surface area contributed by atoms with Crippen molar-refractivity contribution in [1.82, 2.24) is 10.3 Å². The molecule has 0 saturated carbocycles. The standard InChI is InChI=1S/C20H22N2O2/c1-24-12-11-21-20(23)18(15-7-3-2-4-8-15)13-16-14-22-19-10-6-5-9-17(16)19/h2-10,14,18,22H,11-13H2,1H3,(H,21,23). The third-order valence-electron chi connectivity index (χ3n) is 4.22. The van der Waals surface area contributed by atoms with Crippen molar-refractivity contribution in [3.05, 3.63) is 71.9 Å². The van der Waals surface area contributed by atoms with E-state index in [1.54, 1.807) is 7.11 Å². The molecule has 3 aromatic rings. The van der Waals surface area contributed by atoms with Crippen LogP contribution in [0.4, 0.5) is 0 Å². The molecule has 0 radical (unpaired) electrons. The van der Waals surface area contributed by atoms with E-state index in [-0.39, 0.29) is 11.8 Å². The Morgan fingerprint density at radius 2 is 1.88 bits per heavy atom. The molecule has 0 aliphatic rings. The van der Waals surface area contributed by atoms with E-state index in [4.69, 9.17) is 4.74 Å². The van der Waals surface area contributed by atoms with Gasteiger partial charge in [0.05, 0.1) is 12.5 Å². The van der Waals surface area contributed by atoms with Crippen LogP contribution in [0.5, 0.6) is 0 Å². The van der Waals surface area contributed by atoms with Crippen molar-refractivity contribution in [1.29, 1.82) is 0 Å². The monoisotopic (exact) mass is 322 g/mol. The van der Waals surface area contributed by atoms with Crippen LogP contribution in [-0.2, 0) is 16.0 Å². The predicted molar refractivity (Wildman–Crippen MR) is 96.1 cm³/mol. The van der Waals surface area contributed by atoms with Crippen molar-refractivity contribution in [3.63, 3.8) is 0 Å². The minimum absolute atomic E-state index is 0.0310. The van der Waals surface area contributed by atoms with Gasteiger partial charge in [-0.2, -0.15) is 0 Å². The third-order valence-corrected chi connectivity index (χ3v) is 4.22. The summed E-state index contributed by atoms with van der Waals surface area (Å²) >= 11 is 0. The number of aromatic amines is 1. The van der Waals surface area contributed by atoms with Gasteiger partial charge in [0.2, 0.25) is 5.91 Å². The summed E-state index contributed by atoms with van der Waals surface area (Å²) < 4.78 is 5.02. The number of carbonyl (C=O) groups excluding carboxylic acids is 1. The molecule has 4 heteroatoms. The molecule has 24 heavy (non-hydrogen) atoms.